The molecule has 1 nitrogen and oxygen atoms in total. The lowest BCUT2D eigenvalue weighted by Gasteiger charge is -2.06. The Morgan fingerprint density at radius 3 is 2.71 bits per heavy atom. The lowest BCUT2D eigenvalue weighted by Crippen LogP contribution is -2.13. The van der Waals surface area contributed by atoms with Gasteiger partial charge in [-0.05, 0) is 29.5 Å². The molecule has 0 aliphatic rings. The third-order valence-corrected chi connectivity index (χ3v) is 3.74. The second kappa shape index (κ2) is 5.94. The van der Waals surface area contributed by atoms with Crippen molar-refractivity contribution in [2.75, 3.05) is 0 Å². The summed E-state index contributed by atoms with van der Waals surface area (Å²) >= 11 is 1.76. The molecule has 3 heteroatoms. The molecule has 90 valence electrons. The van der Waals surface area contributed by atoms with Crippen molar-refractivity contribution < 1.29 is 4.39 Å². The summed E-state index contributed by atoms with van der Waals surface area (Å²) in [4.78, 5) is 1.35. The van der Waals surface area contributed by atoms with E-state index in [4.69, 9.17) is 0 Å². The normalized spacial score (nSPS) is 10.7. The Balaban J connectivity index is 1.90. The highest BCUT2D eigenvalue weighted by Gasteiger charge is 2.03. The fourth-order valence-corrected chi connectivity index (χ4v) is 2.74. The van der Waals surface area contributed by atoms with Gasteiger partial charge in [0.05, 0.1) is 0 Å². The smallest absolute Gasteiger partial charge is 0.127 e. The van der Waals surface area contributed by atoms with Crippen molar-refractivity contribution in [3.8, 4) is 0 Å². The SMILES string of the molecule is CCc1ccsc1CNCc1ccccc1F. The number of nitrogens with one attached hydrogen (secondary N) is 1. The largest absolute Gasteiger partial charge is 0.308 e. The molecule has 0 saturated heterocycles. The van der Waals surface area contributed by atoms with Crippen molar-refractivity contribution in [1.82, 2.24) is 5.32 Å². The predicted molar refractivity (Wildman–Crippen MR) is 70.6 cm³/mol. The van der Waals surface area contributed by atoms with Crippen LogP contribution in [0.25, 0.3) is 0 Å². The molecular weight excluding hydrogens is 233 g/mol. The molecule has 0 amide bonds. The summed E-state index contributed by atoms with van der Waals surface area (Å²) in [6, 6.07) is 9.05. The first-order valence-corrected chi connectivity index (χ1v) is 6.68. The molecule has 1 N–H and O–H groups in total. The number of hydrogen-bond donors (Lipinski definition) is 1. The quantitative estimate of drug-likeness (QED) is 0.851. The van der Waals surface area contributed by atoms with E-state index in [0.717, 1.165) is 18.5 Å². The van der Waals surface area contributed by atoms with E-state index >= 15 is 0 Å². The van der Waals surface area contributed by atoms with Crippen LogP contribution >= 0.6 is 11.3 Å². The van der Waals surface area contributed by atoms with E-state index in [1.807, 2.05) is 12.1 Å². The molecule has 0 bridgehead atoms. The first-order valence-electron chi connectivity index (χ1n) is 5.80. The van der Waals surface area contributed by atoms with E-state index in [1.165, 1.54) is 16.5 Å². The number of aryl methyl sites for hydroxylation is 1. The van der Waals surface area contributed by atoms with Gasteiger partial charge >= 0.3 is 0 Å². The molecular formula is C14H16FNS. The Morgan fingerprint density at radius 2 is 1.94 bits per heavy atom. The fourth-order valence-electron chi connectivity index (χ4n) is 1.79. The molecule has 0 aliphatic heterocycles. The second-order valence-electron chi connectivity index (χ2n) is 3.92. The van der Waals surface area contributed by atoms with Crippen LogP contribution in [0.1, 0.15) is 22.9 Å². The minimum absolute atomic E-state index is 0.137. The van der Waals surface area contributed by atoms with Crippen LogP contribution in [0.3, 0.4) is 0 Å². The molecule has 1 aromatic heterocycles. The molecule has 0 aliphatic carbocycles. The monoisotopic (exact) mass is 249 g/mol. The van der Waals surface area contributed by atoms with Gasteiger partial charge in [-0.1, -0.05) is 25.1 Å². The lowest BCUT2D eigenvalue weighted by molar-refractivity contribution is 0.588. The van der Waals surface area contributed by atoms with Crippen LogP contribution in [0.5, 0.6) is 0 Å². The van der Waals surface area contributed by atoms with Crippen molar-refractivity contribution >= 4 is 11.3 Å². The summed E-state index contributed by atoms with van der Waals surface area (Å²) in [5, 5.41) is 5.40. The van der Waals surface area contributed by atoms with Crippen LogP contribution in [0.2, 0.25) is 0 Å². The van der Waals surface area contributed by atoms with Gasteiger partial charge in [-0.2, -0.15) is 0 Å². The summed E-state index contributed by atoms with van der Waals surface area (Å²) < 4.78 is 13.4. The zero-order valence-electron chi connectivity index (χ0n) is 9.87. The molecule has 2 aromatic rings. The molecule has 0 saturated carbocycles. The van der Waals surface area contributed by atoms with E-state index in [0.29, 0.717) is 6.54 Å². The number of halogens is 1. The van der Waals surface area contributed by atoms with E-state index in [9.17, 15) is 4.39 Å². The maximum atomic E-state index is 13.4. The molecule has 0 atom stereocenters. The summed E-state index contributed by atoms with van der Waals surface area (Å²) in [6.07, 6.45) is 1.06. The number of rotatable bonds is 5. The summed E-state index contributed by atoms with van der Waals surface area (Å²) in [5.74, 6) is -0.137. The van der Waals surface area contributed by atoms with Crippen LogP contribution in [0.15, 0.2) is 35.7 Å². The molecule has 0 spiro atoms. The average Bonchev–Trinajstić information content (AvgIpc) is 2.79. The minimum Gasteiger partial charge on any atom is -0.308 e. The van der Waals surface area contributed by atoms with E-state index < -0.39 is 0 Å². The Hall–Kier alpha value is -1.19. The van der Waals surface area contributed by atoms with Gasteiger partial charge in [0, 0.05) is 23.5 Å². The summed E-state index contributed by atoms with van der Waals surface area (Å²) in [5.41, 5.74) is 2.11. The number of thiophene rings is 1. The second-order valence-corrected chi connectivity index (χ2v) is 4.92. The van der Waals surface area contributed by atoms with Gasteiger partial charge < -0.3 is 5.32 Å². The molecule has 17 heavy (non-hydrogen) atoms. The molecule has 1 aromatic carbocycles. The van der Waals surface area contributed by atoms with Crippen molar-refractivity contribution in [1.29, 1.82) is 0 Å². The first-order chi connectivity index (χ1) is 8.31. The fraction of sp³-hybridized carbons (Fsp3) is 0.286. The lowest BCUT2D eigenvalue weighted by atomic mass is 10.2. The summed E-state index contributed by atoms with van der Waals surface area (Å²) in [7, 11) is 0. The van der Waals surface area contributed by atoms with Crippen molar-refractivity contribution in [3.63, 3.8) is 0 Å². The highest BCUT2D eigenvalue weighted by molar-refractivity contribution is 7.10. The zero-order chi connectivity index (χ0) is 12.1. The zero-order valence-corrected chi connectivity index (χ0v) is 10.7. The highest BCUT2D eigenvalue weighted by atomic mass is 32.1. The molecule has 0 fully saturated rings. The predicted octanol–water partition coefficient (Wildman–Crippen LogP) is 3.74. The van der Waals surface area contributed by atoms with Gasteiger partial charge in [-0.15, -0.1) is 11.3 Å². The maximum absolute atomic E-state index is 13.4. The Bertz CT molecular complexity index is 479. The van der Waals surface area contributed by atoms with Gasteiger partial charge in [0.25, 0.3) is 0 Å². The number of hydrogen-bond acceptors (Lipinski definition) is 2. The van der Waals surface area contributed by atoms with Crippen LogP contribution < -0.4 is 5.32 Å². The van der Waals surface area contributed by atoms with Crippen LogP contribution in [0, 0.1) is 5.82 Å². The minimum atomic E-state index is -0.137. The maximum Gasteiger partial charge on any atom is 0.127 e. The van der Waals surface area contributed by atoms with Crippen molar-refractivity contribution in [3.05, 3.63) is 57.5 Å². The molecule has 0 radical (unpaired) electrons. The standard InChI is InChI=1S/C14H16FNS/c1-2-11-7-8-17-14(11)10-16-9-12-5-3-4-6-13(12)15/h3-8,16H,2,9-10H2,1H3. The Morgan fingerprint density at radius 1 is 1.12 bits per heavy atom. The van der Waals surface area contributed by atoms with E-state index in [-0.39, 0.29) is 5.82 Å². The molecule has 0 unspecified atom stereocenters. The van der Waals surface area contributed by atoms with Crippen LogP contribution in [-0.4, -0.2) is 0 Å². The average molecular weight is 249 g/mol. The highest BCUT2D eigenvalue weighted by Crippen LogP contribution is 2.17. The molecule has 1 heterocycles. The van der Waals surface area contributed by atoms with Gasteiger partial charge in [0.15, 0.2) is 0 Å². The van der Waals surface area contributed by atoms with Crippen molar-refractivity contribution in [2.24, 2.45) is 0 Å². The topological polar surface area (TPSA) is 12.0 Å². The van der Waals surface area contributed by atoms with Gasteiger partial charge in [-0.25, -0.2) is 4.39 Å². The Kier molecular flexibility index (Phi) is 4.29. The Labute approximate surface area is 105 Å². The third-order valence-electron chi connectivity index (χ3n) is 2.78. The van der Waals surface area contributed by atoms with Gasteiger partial charge in [0.2, 0.25) is 0 Å². The third kappa shape index (κ3) is 3.14. The van der Waals surface area contributed by atoms with Crippen LogP contribution in [0.4, 0.5) is 4.39 Å². The van der Waals surface area contributed by atoms with Crippen molar-refractivity contribution in [2.45, 2.75) is 26.4 Å². The van der Waals surface area contributed by atoms with Gasteiger partial charge in [-0.3, -0.25) is 0 Å². The van der Waals surface area contributed by atoms with E-state index in [2.05, 4.69) is 23.7 Å². The summed E-state index contributed by atoms with van der Waals surface area (Å²) in [6.45, 7) is 3.55. The number of benzene rings is 1. The van der Waals surface area contributed by atoms with Crippen LogP contribution in [-0.2, 0) is 19.5 Å². The first kappa shape index (κ1) is 12.3. The molecule has 2 rings (SSSR count). The van der Waals surface area contributed by atoms with Gasteiger partial charge in [0.1, 0.15) is 5.82 Å². The van der Waals surface area contributed by atoms with E-state index in [1.54, 1.807) is 17.4 Å².